The largest absolute Gasteiger partial charge is 0.394 e. The second-order valence-corrected chi connectivity index (χ2v) is 4.20. The van der Waals surface area contributed by atoms with E-state index in [0.29, 0.717) is 0 Å². The first-order valence-corrected chi connectivity index (χ1v) is 5.10. The van der Waals surface area contributed by atoms with E-state index < -0.39 is 31.0 Å². The fourth-order valence-corrected chi connectivity index (χ4v) is 1.17. The van der Waals surface area contributed by atoms with Crippen molar-refractivity contribution in [3.63, 3.8) is 0 Å². The third kappa shape index (κ3) is 4.10. The molecule has 4 atom stereocenters. The van der Waals surface area contributed by atoms with E-state index in [1.54, 1.807) is 13.8 Å². The normalized spacial score (nSPS) is 19.7. The highest BCUT2D eigenvalue weighted by molar-refractivity contribution is 7.80. The molecule has 90 valence electrons. The summed E-state index contributed by atoms with van der Waals surface area (Å²) >= 11 is 4.85. The third-order valence-electron chi connectivity index (χ3n) is 2.12. The summed E-state index contributed by atoms with van der Waals surface area (Å²) < 4.78 is 0. The van der Waals surface area contributed by atoms with Crippen molar-refractivity contribution in [2.24, 2.45) is 5.92 Å². The Labute approximate surface area is 94.0 Å². The summed E-state index contributed by atoms with van der Waals surface area (Å²) in [5, 5.41) is 45.9. The van der Waals surface area contributed by atoms with Crippen LogP contribution < -0.4 is 0 Å². The van der Waals surface area contributed by atoms with Gasteiger partial charge in [0.1, 0.15) is 24.4 Å². The highest BCUT2D eigenvalue weighted by atomic mass is 32.1. The smallest absolute Gasteiger partial charge is 0.114 e. The summed E-state index contributed by atoms with van der Waals surface area (Å²) in [6, 6.07) is 0. The number of rotatable bonds is 6. The topological polar surface area (TPSA) is 101 Å². The van der Waals surface area contributed by atoms with E-state index in [9.17, 15) is 15.3 Å². The van der Waals surface area contributed by atoms with Crippen molar-refractivity contribution in [1.82, 2.24) is 0 Å². The van der Waals surface area contributed by atoms with E-state index >= 15 is 0 Å². The fourth-order valence-electron chi connectivity index (χ4n) is 1.03. The van der Waals surface area contributed by atoms with E-state index in [1.807, 2.05) is 0 Å². The van der Waals surface area contributed by atoms with Gasteiger partial charge in [-0.3, -0.25) is 0 Å². The maximum atomic E-state index is 9.53. The Hall–Kier alpha value is -0.110. The van der Waals surface area contributed by atoms with Gasteiger partial charge in [0.25, 0.3) is 0 Å². The van der Waals surface area contributed by atoms with Crippen LogP contribution in [-0.4, -0.2) is 61.4 Å². The standard InChI is InChI=1S/C9H18O5S/c1-4(2)9(15)8(14)7(13)6(12)5(11)3-10/h4-8,10-14H,3H2,1-2H3/t5-,6+,7+,8-/m1/s1. The van der Waals surface area contributed by atoms with E-state index in [1.165, 1.54) is 0 Å². The number of aliphatic hydroxyl groups excluding tert-OH is 5. The van der Waals surface area contributed by atoms with Crippen molar-refractivity contribution in [2.45, 2.75) is 38.3 Å². The van der Waals surface area contributed by atoms with Crippen LogP contribution in [-0.2, 0) is 0 Å². The minimum absolute atomic E-state index is 0.122. The average Bonchev–Trinajstić information content (AvgIpc) is 2.23. The van der Waals surface area contributed by atoms with Gasteiger partial charge in [-0.2, -0.15) is 0 Å². The van der Waals surface area contributed by atoms with Crippen LogP contribution in [0, 0.1) is 5.92 Å². The predicted molar refractivity (Wildman–Crippen MR) is 58.5 cm³/mol. The van der Waals surface area contributed by atoms with E-state index in [0.717, 1.165) is 0 Å². The van der Waals surface area contributed by atoms with Crippen LogP contribution in [0.3, 0.4) is 0 Å². The third-order valence-corrected chi connectivity index (χ3v) is 2.83. The lowest BCUT2D eigenvalue weighted by molar-refractivity contribution is -0.101. The molecule has 0 saturated carbocycles. The molecule has 0 amide bonds. The molecule has 0 unspecified atom stereocenters. The Kier molecular flexibility index (Phi) is 6.42. The van der Waals surface area contributed by atoms with Crippen LogP contribution in [0.5, 0.6) is 0 Å². The Balaban J connectivity index is 4.43. The molecule has 6 heteroatoms. The number of aliphatic hydroxyl groups is 5. The van der Waals surface area contributed by atoms with Gasteiger partial charge < -0.3 is 25.5 Å². The summed E-state index contributed by atoms with van der Waals surface area (Å²) in [4.78, 5) is 0.201. The van der Waals surface area contributed by atoms with Crippen LogP contribution >= 0.6 is 12.2 Å². The molecular formula is C9H18O5S. The molecule has 0 spiro atoms. The minimum atomic E-state index is -1.62. The lowest BCUT2D eigenvalue weighted by Crippen LogP contribution is -2.49. The van der Waals surface area contributed by atoms with Gasteiger partial charge in [0.2, 0.25) is 0 Å². The molecular weight excluding hydrogens is 220 g/mol. The molecule has 5 nitrogen and oxygen atoms in total. The summed E-state index contributed by atoms with van der Waals surface area (Å²) in [6.07, 6.45) is -6.11. The Morgan fingerprint density at radius 1 is 1.07 bits per heavy atom. The molecule has 0 aliphatic rings. The highest BCUT2D eigenvalue weighted by Crippen LogP contribution is 2.11. The Morgan fingerprint density at radius 2 is 1.53 bits per heavy atom. The second-order valence-electron chi connectivity index (χ2n) is 3.73. The van der Waals surface area contributed by atoms with Crippen LogP contribution in [0.15, 0.2) is 0 Å². The Morgan fingerprint density at radius 3 is 1.87 bits per heavy atom. The summed E-state index contributed by atoms with van der Waals surface area (Å²) in [6.45, 7) is 2.79. The quantitative estimate of drug-likeness (QED) is 0.359. The maximum Gasteiger partial charge on any atom is 0.114 e. The first-order chi connectivity index (χ1) is 6.82. The zero-order valence-electron chi connectivity index (χ0n) is 8.74. The van der Waals surface area contributed by atoms with Gasteiger partial charge >= 0.3 is 0 Å². The summed E-state index contributed by atoms with van der Waals surface area (Å²) in [5.41, 5.74) is 0. The van der Waals surface area contributed by atoms with Gasteiger partial charge in [0, 0.05) is 4.86 Å². The van der Waals surface area contributed by atoms with Crippen LogP contribution in [0.2, 0.25) is 0 Å². The zero-order chi connectivity index (χ0) is 12.2. The molecule has 0 bridgehead atoms. The van der Waals surface area contributed by atoms with Crippen molar-refractivity contribution in [1.29, 1.82) is 0 Å². The van der Waals surface area contributed by atoms with E-state index in [-0.39, 0.29) is 10.8 Å². The molecule has 0 aromatic carbocycles. The van der Waals surface area contributed by atoms with Crippen molar-refractivity contribution in [3.05, 3.63) is 0 Å². The van der Waals surface area contributed by atoms with Gasteiger partial charge in [-0.15, -0.1) is 0 Å². The zero-order valence-corrected chi connectivity index (χ0v) is 9.55. The van der Waals surface area contributed by atoms with Gasteiger partial charge in [-0.05, 0) is 5.92 Å². The van der Waals surface area contributed by atoms with Gasteiger partial charge in [0.15, 0.2) is 0 Å². The molecule has 0 aromatic heterocycles. The Bertz CT molecular complexity index is 209. The van der Waals surface area contributed by atoms with Crippen LogP contribution in [0.25, 0.3) is 0 Å². The first-order valence-electron chi connectivity index (χ1n) is 4.69. The van der Waals surface area contributed by atoms with Crippen molar-refractivity contribution in [3.8, 4) is 0 Å². The van der Waals surface area contributed by atoms with E-state index in [4.69, 9.17) is 22.4 Å². The number of thiocarbonyl (C=S) groups is 1. The predicted octanol–water partition coefficient (Wildman–Crippen LogP) is -1.55. The summed E-state index contributed by atoms with van der Waals surface area (Å²) in [7, 11) is 0. The molecule has 0 aromatic rings. The van der Waals surface area contributed by atoms with Gasteiger partial charge in [-0.1, -0.05) is 26.1 Å². The highest BCUT2D eigenvalue weighted by Gasteiger charge is 2.32. The van der Waals surface area contributed by atoms with Crippen LogP contribution in [0.4, 0.5) is 0 Å². The van der Waals surface area contributed by atoms with Gasteiger partial charge in [-0.25, -0.2) is 0 Å². The monoisotopic (exact) mass is 238 g/mol. The van der Waals surface area contributed by atoms with Crippen molar-refractivity contribution < 1.29 is 25.5 Å². The fraction of sp³-hybridized carbons (Fsp3) is 0.889. The molecule has 0 saturated heterocycles. The lowest BCUT2D eigenvalue weighted by Gasteiger charge is -2.27. The molecule has 0 radical (unpaired) electrons. The average molecular weight is 238 g/mol. The number of hydrogen-bond acceptors (Lipinski definition) is 6. The maximum absolute atomic E-state index is 9.53. The van der Waals surface area contributed by atoms with Crippen molar-refractivity contribution >= 4 is 17.1 Å². The molecule has 0 fully saturated rings. The number of hydrogen-bond donors (Lipinski definition) is 5. The molecule has 0 aliphatic carbocycles. The van der Waals surface area contributed by atoms with Crippen LogP contribution in [0.1, 0.15) is 13.8 Å². The lowest BCUT2D eigenvalue weighted by atomic mass is 9.96. The molecule has 15 heavy (non-hydrogen) atoms. The first kappa shape index (κ1) is 14.9. The summed E-state index contributed by atoms with van der Waals surface area (Å²) in [5.74, 6) is -0.122. The SMILES string of the molecule is CC(C)C(=S)[C@H](O)[C@@H](O)[C@@H](O)[C@H](O)CO. The van der Waals surface area contributed by atoms with Crippen molar-refractivity contribution in [2.75, 3.05) is 6.61 Å². The minimum Gasteiger partial charge on any atom is -0.394 e. The van der Waals surface area contributed by atoms with E-state index in [2.05, 4.69) is 0 Å². The molecule has 0 rings (SSSR count). The molecule has 0 heterocycles. The molecule has 5 N–H and O–H groups in total. The van der Waals surface area contributed by atoms with Gasteiger partial charge in [0.05, 0.1) is 6.61 Å². The molecule has 0 aliphatic heterocycles. The second kappa shape index (κ2) is 6.47.